The fourth-order valence-corrected chi connectivity index (χ4v) is 2.15. The Morgan fingerprint density at radius 1 is 1.04 bits per heavy atom. The van der Waals surface area contributed by atoms with E-state index in [0.717, 1.165) is 6.42 Å². The smallest absolute Gasteiger partial charge is 0.319 e. The van der Waals surface area contributed by atoms with Gasteiger partial charge in [0.2, 0.25) is 0 Å². The third-order valence-electron chi connectivity index (χ3n) is 3.47. The Hall–Kier alpha value is -2.69. The molecule has 23 heavy (non-hydrogen) atoms. The van der Waals surface area contributed by atoms with E-state index in [2.05, 4.69) is 41.8 Å². The highest BCUT2D eigenvalue weighted by Crippen LogP contribution is 2.28. The highest BCUT2D eigenvalue weighted by molar-refractivity contribution is 5.91. The Morgan fingerprint density at radius 3 is 2.43 bits per heavy atom. The predicted molar refractivity (Wildman–Crippen MR) is 91.5 cm³/mol. The van der Waals surface area contributed by atoms with Crippen molar-refractivity contribution in [3.8, 4) is 11.5 Å². The first-order valence-corrected chi connectivity index (χ1v) is 7.45. The average Bonchev–Trinajstić information content (AvgIpc) is 2.56. The number of benzene rings is 2. The second kappa shape index (κ2) is 8.08. The van der Waals surface area contributed by atoms with Gasteiger partial charge in [-0.3, -0.25) is 0 Å². The fourth-order valence-electron chi connectivity index (χ4n) is 2.15. The van der Waals surface area contributed by atoms with Crippen molar-refractivity contribution < 1.29 is 14.3 Å². The van der Waals surface area contributed by atoms with Crippen LogP contribution in [0.2, 0.25) is 0 Å². The molecule has 0 saturated carbocycles. The van der Waals surface area contributed by atoms with Crippen LogP contribution in [0.4, 0.5) is 10.5 Å². The zero-order valence-corrected chi connectivity index (χ0v) is 13.7. The van der Waals surface area contributed by atoms with Crippen LogP contribution < -0.4 is 20.1 Å². The fraction of sp³-hybridized carbons (Fsp3) is 0.278. The summed E-state index contributed by atoms with van der Waals surface area (Å²) in [5, 5.41) is 5.61. The molecule has 5 heteroatoms. The molecule has 0 radical (unpaired) electrons. The Morgan fingerprint density at radius 2 is 1.78 bits per heavy atom. The summed E-state index contributed by atoms with van der Waals surface area (Å²) in [7, 11) is 3.13. The number of methoxy groups -OCH3 is 2. The van der Waals surface area contributed by atoms with Crippen molar-refractivity contribution in [2.75, 3.05) is 26.1 Å². The normalized spacial score (nSPS) is 10.0. The lowest BCUT2D eigenvalue weighted by Crippen LogP contribution is -2.30. The lowest BCUT2D eigenvalue weighted by molar-refractivity contribution is 0.252. The molecule has 2 aromatic rings. The predicted octanol–water partition coefficient (Wildman–Crippen LogP) is 3.38. The van der Waals surface area contributed by atoms with E-state index in [-0.39, 0.29) is 6.03 Å². The highest BCUT2D eigenvalue weighted by Gasteiger charge is 2.08. The summed E-state index contributed by atoms with van der Waals surface area (Å²) in [5.74, 6) is 1.24. The minimum Gasteiger partial charge on any atom is -0.497 e. The molecular formula is C18H22N2O3. The molecule has 0 spiro atoms. The van der Waals surface area contributed by atoms with Gasteiger partial charge in [0.05, 0.1) is 19.9 Å². The van der Waals surface area contributed by atoms with E-state index in [1.807, 2.05) is 0 Å². The summed E-state index contributed by atoms with van der Waals surface area (Å²) in [6.45, 7) is 2.61. The van der Waals surface area contributed by atoms with Gasteiger partial charge >= 0.3 is 6.03 Å². The van der Waals surface area contributed by atoms with Gasteiger partial charge in [0.1, 0.15) is 11.5 Å². The van der Waals surface area contributed by atoms with Gasteiger partial charge in [-0.15, -0.1) is 0 Å². The minimum atomic E-state index is -0.274. The quantitative estimate of drug-likeness (QED) is 0.859. The van der Waals surface area contributed by atoms with E-state index < -0.39 is 0 Å². The van der Waals surface area contributed by atoms with Crippen molar-refractivity contribution in [3.05, 3.63) is 53.6 Å². The van der Waals surface area contributed by atoms with Crippen LogP contribution in [0.5, 0.6) is 11.5 Å². The van der Waals surface area contributed by atoms with Gasteiger partial charge in [-0.1, -0.05) is 29.8 Å². The van der Waals surface area contributed by atoms with Gasteiger partial charge in [-0.05, 0) is 31.0 Å². The van der Waals surface area contributed by atoms with Crippen LogP contribution in [0.25, 0.3) is 0 Å². The Labute approximate surface area is 136 Å². The van der Waals surface area contributed by atoms with Crippen LogP contribution in [-0.2, 0) is 6.42 Å². The number of anilines is 1. The van der Waals surface area contributed by atoms with E-state index in [1.54, 1.807) is 32.4 Å². The molecule has 0 heterocycles. The van der Waals surface area contributed by atoms with Crippen molar-refractivity contribution in [1.29, 1.82) is 0 Å². The number of urea groups is 1. The van der Waals surface area contributed by atoms with Gasteiger partial charge in [0, 0.05) is 12.6 Å². The number of hydrogen-bond acceptors (Lipinski definition) is 3. The number of ether oxygens (including phenoxy) is 2. The van der Waals surface area contributed by atoms with Crippen LogP contribution in [0.1, 0.15) is 11.1 Å². The molecule has 0 aliphatic carbocycles. The maximum Gasteiger partial charge on any atom is 0.319 e. The van der Waals surface area contributed by atoms with Gasteiger partial charge in [0.15, 0.2) is 0 Å². The number of hydrogen-bond donors (Lipinski definition) is 2. The summed E-state index contributed by atoms with van der Waals surface area (Å²) >= 11 is 0. The van der Waals surface area contributed by atoms with Crippen molar-refractivity contribution in [2.45, 2.75) is 13.3 Å². The number of amides is 2. The zero-order valence-electron chi connectivity index (χ0n) is 13.7. The summed E-state index contributed by atoms with van der Waals surface area (Å²) in [5.41, 5.74) is 2.99. The molecular weight excluding hydrogens is 292 g/mol. The van der Waals surface area contributed by atoms with Crippen LogP contribution in [0.15, 0.2) is 42.5 Å². The molecule has 0 unspecified atom stereocenters. The lowest BCUT2D eigenvalue weighted by atomic mass is 10.1. The average molecular weight is 314 g/mol. The Bertz CT molecular complexity index is 654. The molecule has 2 amide bonds. The molecule has 0 fully saturated rings. The van der Waals surface area contributed by atoms with Crippen LogP contribution in [0, 0.1) is 6.92 Å². The van der Waals surface area contributed by atoms with Crippen LogP contribution in [0.3, 0.4) is 0 Å². The number of nitrogens with one attached hydrogen (secondary N) is 2. The third-order valence-corrected chi connectivity index (χ3v) is 3.47. The summed E-state index contributed by atoms with van der Waals surface area (Å²) in [4.78, 5) is 12.0. The molecule has 0 aliphatic heterocycles. The molecule has 5 nitrogen and oxygen atoms in total. The zero-order chi connectivity index (χ0) is 16.7. The molecule has 2 N–H and O–H groups in total. The van der Waals surface area contributed by atoms with E-state index >= 15 is 0 Å². The maximum atomic E-state index is 12.0. The van der Waals surface area contributed by atoms with Gasteiger partial charge < -0.3 is 20.1 Å². The molecule has 122 valence electrons. The first-order chi connectivity index (χ1) is 11.1. The number of carbonyl (C=O) groups is 1. The Kier molecular flexibility index (Phi) is 5.86. The van der Waals surface area contributed by atoms with Crippen molar-refractivity contribution in [2.24, 2.45) is 0 Å². The molecule has 2 aromatic carbocycles. The maximum absolute atomic E-state index is 12.0. The molecule has 2 rings (SSSR count). The van der Waals surface area contributed by atoms with E-state index in [1.165, 1.54) is 11.1 Å². The SMILES string of the molecule is COc1ccc(OC)c(NC(=O)NCCc2ccc(C)cc2)c1. The van der Waals surface area contributed by atoms with E-state index in [0.29, 0.717) is 23.7 Å². The monoisotopic (exact) mass is 314 g/mol. The number of aryl methyl sites for hydroxylation is 1. The summed E-state index contributed by atoms with van der Waals surface area (Å²) in [6, 6.07) is 13.2. The topological polar surface area (TPSA) is 59.6 Å². The molecule has 0 bridgehead atoms. The highest BCUT2D eigenvalue weighted by atomic mass is 16.5. The largest absolute Gasteiger partial charge is 0.497 e. The van der Waals surface area contributed by atoms with Crippen LogP contribution in [-0.4, -0.2) is 26.8 Å². The number of rotatable bonds is 6. The summed E-state index contributed by atoms with van der Waals surface area (Å²) < 4.78 is 10.4. The van der Waals surface area contributed by atoms with Crippen molar-refractivity contribution in [3.63, 3.8) is 0 Å². The molecule has 0 saturated heterocycles. The minimum absolute atomic E-state index is 0.274. The van der Waals surface area contributed by atoms with Crippen LogP contribution >= 0.6 is 0 Å². The molecule has 0 atom stereocenters. The van der Waals surface area contributed by atoms with Gasteiger partial charge in [0.25, 0.3) is 0 Å². The molecule has 0 aliphatic rings. The van der Waals surface area contributed by atoms with Crippen molar-refractivity contribution >= 4 is 11.7 Å². The molecule has 0 aromatic heterocycles. The first kappa shape index (κ1) is 16.7. The standard InChI is InChI=1S/C18H22N2O3/c1-13-4-6-14(7-5-13)10-11-19-18(21)20-16-12-15(22-2)8-9-17(16)23-3/h4-9,12H,10-11H2,1-3H3,(H2,19,20,21). The second-order valence-corrected chi connectivity index (χ2v) is 5.18. The van der Waals surface area contributed by atoms with Gasteiger partial charge in [-0.25, -0.2) is 4.79 Å². The Balaban J connectivity index is 1.88. The lowest BCUT2D eigenvalue weighted by Gasteiger charge is -2.12. The first-order valence-electron chi connectivity index (χ1n) is 7.45. The van der Waals surface area contributed by atoms with E-state index in [9.17, 15) is 4.79 Å². The number of carbonyl (C=O) groups excluding carboxylic acids is 1. The van der Waals surface area contributed by atoms with E-state index in [4.69, 9.17) is 9.47 Å². The second-order valence-electron chi connectivity index (χ2n) is 5.18. The third kappa shape index (κ3) is 4.92. The van der Waals surface area contributed by atoms with Gasteiger partial charge in [-0.2, -0.15) is 0 Å². The van der Waals surface area contributed by atoms with Crippen molar-refractivity contribution in [1.82, 2.24) is 5.32 Å². The summed E-state index contributed by atoms with van der Waals surface area (Å²) in [6.07, 6.45) is 0.781.